The minimum absolute atomic E-state index is 0.275. The highest BCUT2D eigenvalue weighted by atomic mass is 16.4. The Morgan fingerprint density at radius 2 is 1.88 bits per heavy atom. The normalized spacial score (nSPS) is 12.4. The topological polar surface area (TPSA) is 83.5 Å². The summed E-state index contributed by atoms with van der Waals surface area (Å²) in [6.45, 7) is 3.96. The molecule has 1 aromatic rings. The first-order chi connectivity index (χ1) is 8.01. The Bertz CT molecular complexity index is 415. The molecule has 0 aliphatic rings. The Morgan fingerprint density at radius 3 is 2.35 bits per heavy atom. The summed E-state index contributed by atoms with van der Waals surface area (Å²) in [6, 6.07) is 2.48. The molecule has 0 saturated heterocycles. The Balaban J connectivity index is 3.12. The Morgan fingerprint density at radius 1 is 1.29 bits per heavy atom. The summed E-state index contributed by atoms with van der Waals surface area (Å²) >= 11 is 0. The van der Waals surface area contributed by atoms with Gasteiger partial charge in [0.2, 0.25) is 0 Å². The van der Waals surface area contributed by atoms with Gasteiger partial charge >= 0.3 is 5.97 Å². The lowest BCUT2D eigenvalue weighted by molar-refractivity contribution is -0.138. The SMILES string of the molecule is CCc1c(O)ccc(CC(N)C(=O)O)c1CC. The van der Waals surface area contributed by atoms with Gasteiger partial charge in [-0.05, 0) is 42.0 Å². The number of benzene rings is 1. The third kappa shape index (κ3) is 2.97. The van der Waals surface area contributed by atoms with Crippen molar-refractivity contribution < 1.29 is 15.0 Å². The second kappa shape index (κ2) is 5.68. The van der Waals surface area contributed by atoms with Gasteiger partial charge in [0.1, 0.15) is 11.8 Å². The van der Waals surface area contributed by atoms with Crippen LogP contribution in [0.25, 0.3) is 0 Å². The molecule has 0 aromatic heterocycles. The van der Waals surface area contributed by atoms with Gasteiger partial charge in [0.25, 0.3) is 0 Å². The number of carboxylic acid groups (broad SMARTS) is 1. The average Bonchev–Trinajstić information content (AvgIpc) is 2.30. The fraction of sp³-hybridized carbons (Fsp3) is 0.462. The molecular weight excluding hydrogens is 218 g/mol. The molecule has 4 nitrogen and oxygen atoms in total. The van der Waals surface area contributed by atoms with Crippen LogP contribution in [0.4, 0.5) is 0 Å². The van der Waals surface area contributed by atoms with E-state index in [0.717, 1.165) is 29.5 Å². The van der Waals surface area contributed by atoms with Gasteiger partial charge in [-0.1, -0.05) is 19.9 Å². The minimum Gasteiger partial charge on any atom is -0.508 e. The first-order valence-electron chi connectivity index (χ1n) is 5.82. The molecule has 1 unspecified atom stereocenters. The summed E-state index contributed by atoms with van der Waals surface area (Å²) in [7, 11) is 0. The van der Waals surface area contributed by atoms with Gasteiger partial charge in [-0.15, -0.1) is 0 Å². The van der Waals surface area contributed by atoms with Crippen LogP contribution < -0.4 is 5.73 Å². The van der Waals surface area contributed by atoms with Crippen LogP contribution >= 0.6 is 0 Å². The van der Waals surface area contributed by atoms with Crippen molar-refractivity contribution in [3.05, 3.63) is 28.8 Å². The third-order valence-electron chi connectivity index (χ3n) is 2.97. The molecule has 0 aliphatic carbocycles. The van der Waals surface area contributed by atoms with Crippen molar-refractivity contribution in [2.45, 2.75) is 39.2 Å². The predicted octanol–water partition coefficient (Wildman–Crippen LogP) is 1.47. The number of carboxylic acids is 1. The van der Waals surface area contributed by atoms with Crippen molar-refractivity contribution >= 4 is 5.97 Å². The number of nitrogens with two attached hydrogens (primary N) is 1. The summed E-state index contributed by atoms with van der Waals surface area (Å²) in [4.78, 5) is 10.8. The molecule has 94 valence electrons. The van der Waals surface area contributed by atoms with Crippen molar-refractivity contribution in [3.63, 3.8) is 0 Å². The summed E-state index contributed by atoms with van der Waals surface area (Å²) in [5.74, 6) is -0.727. The quantitative estimate of drug-likeness (QED) is 0.724. The molecule has 0 fully saturated rings. The highest BCUT2D eigenvalue weighted by Gasteiger charge is 2.16. The number of phenols is 1. The standard InChI is InChI=1S/C13H19NO3/c1-3-9-8(7-11(14)13(16)17)5-6-12(15)10(9)4-2/h5-6,11,15H,3-4,7,14H2,1-2H3,(H,16,17). The number of aliphatic carboxylic acids is 1. The van der Waals surface area contributed by atoms with Crippen molar-refractivity contribution in [2.75, 3.05) is 0 Å². The average molecular weight is 237 g/mol. The number of carbonyl (C=O) groups is 1. The predicted molar refractivity (Wildman–Crippen MR) is 66.2 cm³/mol. The lowest BCUT2D eigenvalue weighted by atomic mass is 9.92. The van der Waals surface area contributed by atoms with Gasteiger partial charge in [-0.25, -0.2) is 0 Å². The fourth-order valence-electron chi connectivity index (χ4n) is 2.08. The molecule has 1 atom stereocenters. The number of rotatable bonds is 5. The van der Waals surface area contributed by atoms with Crippen molar-refractivity contribution in [2.24, 2.45) is 5.73 Å². The van der Waals surface area contributed by atoms with Crippen LogP contribution in [-0.2, 0) is 24.1 Å². The maximum absolute atomic E-state index is 10.8. The van der Waals surface area contributed by atoms with E-state index in [-0.39, 0.29) is 5.75 Å². The van der Waals surface area contributed by atoms with Gasteiger partial charge in [0, 0.05) is 0 Å². The van der Waals surface area contributed by atoms with Crippen molar-refractivity contribution in [1.29, 1.82) is 0 Å². The third-order valence-corrected chi connectivity index (χ3v) is 2.97. The molecule has 0 saturated carbocycles. The molecule has 0 spiro atoms. The zero-order valence-corrected chi connectivity index (χ0v) is 10.2. The molecule has 0 bridgehead atoms. The molecule has 1 rings (SSSR count). The van der Waals surface area contributed by atoms with Gasteiger partial charge in [-0.2, -0.15) is 0 Å². The van der Waals surface area contributed by atoms with E-state index in [4.69, 9.17) is 10.8 Å². The summed E-state index contributed by atoms with van der Waals surface area (Å²) in [5, 5.41) is 18.6. The Hall–Kier alpha value is -1.55. The maximum Gasteiger partial charge on any atom is 0.320 e. The first kappa shape index (κ1) is 13.5. The molecule has 17 heavy (non-hydrogen) atoms. The molecule has 1 aromatic carbocycles. The van der Waals surface area contributed by atoms with Gasteiger partial charge in [-0.3, -0.25) is 4.79 Å². The molecule has 0 heterocycles. The van der Waals surface area contributed by atoms with E-state index in [1.54, 1.807) is 12.1 Å². The largest absolute Gasteiger partial charge is 0.508 e. The molecular formula is C13H19NO3. The number of phenolic OH excluding ortho intramolecular Hbond substituents is 1. The van der Waals surface area contributed by atoms with Gasteiger partial charge in [0.05, 0.1) is 0 Å². The van der Waals surface area contributed by atoms with Gasteiger partial charge in [0.15, 0.2) is 0 Å². The molecule has 4 N–H and O–H groups in total. The van der Waals surface area contributed by atoms with Gasteiger partial charge < -0.3 is 15.9 Å². The molecule has 4 heteroatoms. The van der Waals surface area contributed by atoms with Crippen LogP contribution in [0.1, 0.15) is 30.5 Å². The van der Waals surface area contributed by atoms with E-state index in [1.807, 2.05) is 13.8 Å². The van der Waals surface area contributed by atoms with Crippen LogP contribution in [0.3, 0.4) is 0 Å². The van der Waals surface area contributed by atoms with Crippen molar-refractivity contribution in [3.8, 4) is 5.75 Å². The monoisotopic (exact) mass is 237 g/mol. The summed E-state index contributed by atoms with van der Waals surface area (Å²) in [6.07, 6.45) is 1.79. The zero-order valence-electron chi connectivity index (χ0n) is 10.2. The minimum atomic E-state index is -1.00. The Kier molecular flexibility index (Phi) is 4.52. The van der Waals surface area contributed by atoms with Crippen LogP contribution in [0.2, 0.25) is 0 Å². The first-order valence-corrected chi connectivity index (χ1v) is 5.82. The van der Waals surface area contributed by atoms with E-state index >= 15 is 0 Å². The number of aromatic hydroxyl groups is 1. The van der Waals surface area contributed by atoms with E-state index in [0.29, 0.717) is 6.42 Å². The summed E-state index contributed by atoms with van der Waals surface area (Å²) in [5.41, 5.74) is 8.36. The summed E-state index contributed by atoms with van der Waals surface area (Å²) < 4.78 is 0. The van der Waals surface area contributed by atoms with E-state index in [1.165, 1.54) is 0 Å². The lowest BCUT2D eigenvalue weighted by Gasteiger charge is -2.15. The highest BCUT2D eigenvalue weighted by Crippen LogP contribution is 2.26. The van der Waals surface area contributed by atoms with Crippen molar-refractivity contribution in [1.82, 2.24) is 0 Å². The number of hydrogen-bond acceptors (Lipinski definition) is 3. The second-order valence-corrected chi connectivity index (χ2v) is 4.06. The van der Waals surface area contributed by atoms with Crippen LogP contribution in [-0.4, -0.2) is 22.2 Å². The van der Waals surface area contributed by atoms with E-state index in [2.05, 4.69) is 0 Å². The smallest absolute Gasteiger partial charge is 0.320 e. The lowest BCUT2D eigenvalue weighted by Crippen LogP contribution is -2.32. The molecule has 0 aliphatic heterocycles. The Labute approximate surface area is 101 Å². The maximum atomic E-state index is 10.8. The zero-order chi connectivity index (χ0) is 13.0. The van der Waals surface area contributed by atoms with Crippen LogP contribution in [0.5, 0.6) is 5.75 Å². The molecule has 0 radical (unpaired) electrons. The van der Waals surface area contributed by atoms with E-state index in [9.17, 15) is 9.90 Å². The van der Waals surface area contributed by atoms with Crippen LogP contribution in [0.15, 0.2) is 12.1 Å². The fourth-order valence-corrected chi connectivity index (χ4v) is 2.08. The molecule has 0 amide bonds. The second-order valence-electron chi connectivity index (χ2n) is 4.06. The number of hydrogen-bond donors (Lipinski definition) is 3. The van der Waals surface area contributed by atoms with E-state index < -0.39 is 12.0 Å². The highest BCUT2D eigenvalue weighted by molar-refractivity contribution is 5.73. The van der Waals surface area contributed by atoms with Crippen LogP contribution in [0, 0.1) is 0 Å².